The number of hydrogen-bond acceptors (Lipinski definition) is 12. The summed E-state index contributed by atoms with van der Waals surface area (Å²) >= 11 is 0. The molecule has 12 heteroatoms. The third-order valence-electron chi connectivity index (χ3n) is 14.0. The Kier molecular flexibility index (Phi) is 10.0. The van der Waals surface area contributed by atoms with Gasteiger partial charge in [-0.3, -0.25) is 4.79 Å². The number of carbonyl (C=O) groups is 1. The van der Waals surface area contributed by atoms with E-state index in [2.05, 4.69) is 20.1 Å². The predicted octanol–water partition coefficient (Wildman–Crippen LogP) is 3.44. The summed E-state index contributed by atoms with van der Waals surface area (Å²) in [6.07, 6.45) is 4.85. The Labute approximate surface area is 307 Å². The normalized spacial score (nSPS) is 52.4. The quantitative estimate of drug-likeness (QED) is 0.409. The van der Waals surface area contributed by atoms with Crippen LogP contribution in [0.1, 0.15) is 90.4 Å². The molecule has 10 aliphatic heterocycles. The largest absolute Gasteiger partial charge is 0.392 e. The van der Waals surface area contributed by atoms with Crippen LogP contribution in [0.3, 0.4) is 0 Å². The van der Waals surface area contributed by atoms with Crippen molar-refractivity contribution in [3.8, 4) is 0 Å². The van der Waals surface area contributed by atoms with Gasteiger partial charge in [-0.15, -0.1) is 0 Å². The molecule has 0 aromatic rings. The first-order valence-electron chi connectivity index (χ1n) is 20.2. The molecule has 0 aliphatic carbocycles. The number of aliphatic hydroxyl groups excluding tert-OH is 1. The van der Waals surface area contributed by atoms with Crippen molar-refractivity contribution in [3.63, 3.8) is 0 Å². The Balaban J connectivity index is 0.994. The van der Waals surface area contributed by atoms with Crippen molar-refractivity contribution in [1.29, 1.82) is 0 Å². The first-order chi connectivity index (χ1) is 25.1. The number of fused-ring (bicyclic) bond motifs is 6. The summed E-state index contributed by atoms with van der Waals surface area (Å²) in [6.45, 7) is 11.3. The van der Waals surface area contributed by atoms with Crippen molar-refractivity contribution < 1.29 is 52.5 Å². The SMILES string of the molecule is C=C1CC2CC[C@@]34C[C@H]5OC6C(OC7CCC(CC(=O)CC8[C@@H](OC)C(CC(O)CN)O[C@H]8CC8O[C@@H](CCC1O2)C[C@@H](C)C8=C)O[C@@H]7C6O3)C5O4. The molecule has 10 rings (SSSR count). The molecule has 10 aliphatic rings. The summed E-state index contributed by atoms with van der Waals surface area (Å²) in [5, 5.41) is 10.5. The Bertz CT molecular complexity index is 1380. The van der Waals surface area contributed by atoms with E-state index in [1.165, 1.54) is 0 Å². The Morgan fingerprint density at radius 2 is 1.56 bits per heavy atom. The molecule has 12 nitrogen and oxygen atoms in total. The number of aliphatic hydroxyl groups is 1. The standard InChI is InChI=1S/C40H59NO11/c1-19-11-24-5-7-28-20(2)12-26(45-28)9-10-40-17-33-36(51-40)37-38(50-33)39(52-40)35-29(49-37)8-6-25(47-35)13-22(42)14-27-31(16-30(46-24)21(19)3)48-32(34(27)44-4)15-23(43)18-41/h19,23-39,43H,2-3,5-18,41H2,1,4H3/t19-,23?,24+,25?,26?,27?,28?,29?,30?,31+,32?,33-,34-,35+,36?,37?,38?,39?,40+/m1/s1. The molecule has 290 valence electrons. The summed E-state index contributed by atoms with van der Waals surface area (Å²) in [6, 6.07) is 0. The van der Waals surface area contributed by atoms with Gasteiger partial charge in [-0.1, -0.05) is 20.1 Å². The molecular weight excluding hydrogens is 670 g/mol. The van der Waals surface area contributed by atoms with E-state index in [1.54, 1.807) is 7.11 Å². The molecule has 1 spiro atoms. The van der Waals surface area contributed by atoms with E-state index in [-0.39, 0.29) is 122 Å². The molecule has 0 saturated carbocycles. The van der Waals surface area contributed by atoms with Crippen LogP contribution in [-0.2, 0) is 47.4 Å². The minimum atomic E-state index is -0.780. The van der Waals surface area contributed by atoms with E-state index in [9.17, 15) is 9.90 Å². The van der Waals surface area contributed by atoms with E-state index in [1.807, 2.05) is 0 Å². The lowest BCUT2D eigenvalue weighted by Crippen LogP contribution is -2.61. The van der Waals surface area contributed by atoms with Gasteiger partial charge in [0, 0.05) is 58.1 Å². The first kappa shape index (κ1) is 36.4. The maximum Gasteiger partial charge on any atom is 0.172 e. The van der Waals surface area contributed by atoms with Gasteiger partial charge >= 0.3 is 0 Å². The number of ether oxygens (including phenoxy) is 9. The molecule has 12 bridgehead atoms. The fourth-order valence-electron chi connectivity index (χ4n) is 11.3. The Hall–Kier alpha value is -1.29. The Morgan fingerprint density at radius 3 is 2.38 bits per heavy atom. The highest BCUT2D eigenvalue weighted by Gasteiger charge is 2.68. The van der Waals surface area contributed by atoms with Gasteiger partial charge in [-0.2, -0.15) is 0 Å². The maximum absolute atomic E-state index is 14.1. The highest BCUT2D eigenvalue weighted by Crippen LogP contribution is 2.54. The van der Waals surface area contributed by atoms with Gasteiger partial charge in [-0.25, -0.2) is 0 Å². The molecule has 10 fully saturated rings. The van der Waals surface area contributed by atoms with Crippen LogP contribution in [0.4, 0.5) is 0 Å². The molecule has 10 heterocycles. The molecular formula is C40H59NO11. The molecule has 19 atom stereocenters. The maximum atomic E-state index is 14.1. The van der Waals surface area contributed by atoms with Gasteiger partial charge in [0.05, 0.1) is 67.1 Å². The lowest BCUT2D eigenvalue weighted by molar-refractivity contribution is -0.292. The van der Waals surface area contributed by atoms with Crippen molar-refractivity contribution in [3.05, 3.63) is 24.3 Å². The Morgan fingerprint density at radius 1 is 0.808 bits per heavy atom. The average molecular weight is 730 g/mol. The van der Waals surface area contributed by atoms with Crippen molar-refractivity contribution in [2.75, 3.05) is 13.7 Å². The van der Waals surface area contributed by atoms with Gasteiger partial charge < -0.3 is 53.5 Å². The molecule has 3 N–H and O–H groups in total. The smallest absolute Gasteiger partial charge is 0.172 e. The number of methoxy groups -OCH3 is 1. The zero-order valence-corrected chi connectivity index (χ0v) is 30.8. The van der Waals surface area contributed by atoms with Gasteiger partial charge in [0.15, 0.2) is 5.79 Å². The molecule has 0 radical (unpaired) electrons. The molecule has 0 aromatic carbocycles. The van der Waals surface area contributed by atoms with Crippen LogP contribution in [-0.4, -0.2) is 128 Å². The minimum absolute atomic E-state index is 0.0158. The van der Waals surface area contributed by atoms with Gasteiger partial charge in [0.1, 0.15) is 36.3 Å². The topological polar surface area (TPSA) is 146 Å². The highest BCUT2D eigenvalue weighted by atomic mass is 16.8. The van der Waals surface area contributed by atoms with E-state index >= 15 is 0 Å². The molecule has 0 aromatic heterocycles. The van der Waals surface area contributed by atoms with Crippen LogP contribution in [0.15, 0.2) is 24.3 Å². The summed E-state index contributed by atoms with van der Waals surface area (Å²) in [4.78, 5) is 14.1. The molecule has 52 heavy (non-hydrogen) atoms. The monoisotopic (exact) mass is 729 g/mol. The number of carbonyl (C=O) groups excluding carboxylic acids is 1. The van der Waals surface area contributed by atoms with Crippen LogP contribution in [0.5, 0.6) is 0 Å². The highest BCUT2D eigenvalue weighted by molar-refractivity contribution is 5.79. The van der Waals surface area contributed by atoms with Gasteiger partial charge in [0.25, 0.3) is 0 Å². The summed E-state index contributed by atoms with van der Waals surface area (Å²) in [5.41, 5.74) is 8.01. The fraction of sp³-hybridized carbons (Fsp3) is 0.875. The lowest BCUT2D eigenvalue weighted by Gasteiger charge is -2.47. The third kappa shape index (κ3) is 6.59. The fourth-order valence-corrected chi connectivity index (χ4v) is 11.3. The lowest BCUT2D eigenvalue weighted by atomic mass is 9.81. The zero-order valence-electron chi connectivity index (χ0n) is 30.8. The van der Waals surface area contributed by atoms with Crippen molar-refractivity contribution in [2.45, 2.75) is 194 Å². The third-order valence-corrected chi connectivity index (χ3v) is 14.0. The van der Waals surface area contributed by atoms with Crippen molar-refractivity contribution in [2.24, 2.45) is 17.6 Å². The molecule has 10 saturated heterocycles. The van der Waals surface area contributed by atoms with E-state index in [0.717, 1.165) is 56.1 Å². The van der Waals surface area contributed by atoms with Crippen LogP contribution in [0.2, 0.25) is 0 Å². The van der Waals surface area contributed by atoms with Crippen LogP contribution in [0.25, 0.3) is 0 Å². The number of nitrogens with two attached hydrogens (primary N) is 1. The molecule has 0 amide bonds. The molecule has 12 unspecified atom stereocenters. The predicted molar refractivity (Wildman–Crippen MR) is 186 cm³/mol. The van der Waals surface area contributed by atoms with Gasteiger partial charge in [-0.05, 0) is 62.0 Å². The van der Waals surface area contributed by atoms with Crippen LogP contribution in [0, 0.1) is 11.8 Å². The number of ketones is 1. The second-order valence-corrected chi connectivity index (χ2v) is 17.4. The van der Waals surface area contributed by atoms with Crippen LogP contribution >= 0.6 is 0 Å². The number of rotatable bonds is 4. The average Bonchev–Trinajstić information content (AvgIpc) is 3.79. The summed E-state index contributed by atoms with van der Waals surface area (Å²) in [5.74, 6) is -0.619. The minimum Gasteiger partial charge on any atom is -0.392 e. The second-order valence-electron chi connectivity index (χ2n) is 17.4. The first-order valence-corrected chi connectivity index (χ1v) is 20.2. The second kappa shape index (κ2) is 14.3. The summed E-state index contributed by atoms with van der Waals surface area (Å²) < 4.78 is 60.0. The zero-order chi connectivity index (χ0) is 35.9. The number of hydrogen-bond donors (Lipinski definition) is 2. The van der Waals surface area contributed by atoms with E-state index < -0.39 is 18.0 Å². The van der Waals surface area contributed by atoms with E-state index in [0.29, 0.717) is 25.7 Å². The van der Waals surface area contributed by atoms with E-state index in [4.69, 9.17) is 48.4 Å². The number of Topliss-reactive ketones (excluding diaryl/α,β-unsaturated/α-hetero) is 1. The van der Waals surface area contributed by atoms with Crippen LogP contribution < -0.4 is 5.73 Å². The summed E-state index contributed by atoms with van der Waals surface area (Å²) in [7, 11) is 1.66. The van der Waals surface area contributed by atoms with Gasteiger partial charge in [0.2, 0.25) is 0 Å². The van der Waals surface area contributed by atoms with Crippen molar-refractivity contribution in [1.82, 2.24) is 0 Å². The van der Waals surface area contributed by atoms with Crippen molar-refractivity contribution >= 4 is 5.78 Å².